The third kappa shape index (κ3) is 6.96. The van der Waals surface area contributed by atoms with Gasteiger partial charge in [0.25, 0.3) is 6.43 Å². The molecule has 0 bridgehead atoms. The summed E-state index contributed by atoms with van der Waals surface area (Å²) in [7, 11) is 13.2. The molecular formula is C33H28B2ClF4N5O. The van der Waals surface area contributed by atoms with Crippen LogP contribution >= 0.6 is 11.6 Å². The number of anilines is 4. The molecule has 6 nitrogen and oxygen atoms in total. The molecule has 0 fully saturated rings. The number of hydrogen-bond donors (Lipinski definition) is 3. The zero-order valence-electron chi connectivity index (χ0n) is 25.0. The number of alkyl halides is 2. The van der Waals surface area contributed by atoms with E-state index in [2.05, 4.69) is 34.7 Å². The summed E-state index contributed by atoms with van der Waals surface area (Å²) >= 11 is 6.58. The van der Waals surface area contributed by atoms with Crippen molar-refractivity contribution in [1.82, 2.24) is 10.3 Å². The fourth-order valence-corrected chi connectivity index (χ4v) is 5.60. The lowest BCUT2D eigenvalue weighted by molar-refractivity contribution is 0.156. The van der Waals surface area contributed by atoms with Gasteiger partial charge in [-0.2, -0.15) is 0 Å². The Morgan fingerprint density at radius 1 is 1.13 bits per heavy atom. The predicted molar refractivity (Wildman–Crippen MR) is 179 cm³/mol. The molecule has 0 saturated heterocycles. The molecule has 3 aromatic carbocycles. The molecule has 4 aromatic rings. The van der Waals surface area contributed by atoms with Gasteiger partial charge in [-0.05, 0) is 67.4 Å². The van der Waals surface area contributed by atoms with Crippen molar-refractivity contribution in [3.05, 3.63) is 113 Å². The van der Waals surface area contributed by atoms with Crippen LogP contribution in [0.1, 0.15) is 28.3 Å². The summed E-state index contributed by atoms with van der Waals surface area (Å²) in [5, 5.41) is 18.1. The molecule has 1 aromatic heterocycles. The molecule has 1 heterocycles. The lowest BCUT2D eigenvalue weighted by atomic mass is 9.71. The van der Waals surface area contributed by atoms with E-state index in [-0.39, 0.29) is 39.0 Å². The van der Waals surface area contributed by atoms with Gasteiger partial charge in [0.1, 0.15) is 33.1 Å². The van der Waals surface area contributed by atoms with Crippen LogP contribution in [0.5, 0.6) is 0 Å². The Morgan fingerprint density at radius 3 is 2.46 bits per heavy atom. The summed E-state index contributed by atoms with van der Waals surface area (Å²) in [5.41, 5.74) is -0.792. The first-order chi connectivity index (χ1) is 21.7. The number of pyridine rings is 1. The van der Waals surface area contributed by atoms with Gasteiger partial charge in [0.15, 0.2) is 0 Å². The van der Waals surface area contributed by atoms with Gasteiger partial charge < -0.3 is 25.5 Å². The third-order valence-corrected chi connectivity index (χ3v) is 7.65. The van der Waals surface area contributed by atoms with Crippen molar-refractivity contribution in [3.63, 3.8) is 0 Å². The maximum atomic E-state index is 14.7. The first-order valence-electron chi connectivity index (χ1n) is 13.7. The number of nitrogens with zero attached hydrogens (tertiary/aromatic N) is 3. The Hall–Kier alpha value is -4.59. The molecule has 4 rings (SSSR count). The van der Waals surface area contributed by atoms with Gasteiger partial charge in [0.2, 0.25) is 0 Å². The van der Waals surface area contributed by atoms with Gasteiger partial charge in [0, 0.05) is 51.4 Å². The molecule has 3 N–H and O–H groups in total. The molecule has 0 saturated carbocycles. The molecule has 232 valence electrons. The van der Waals surface area contributed by atoms with Gasteiger partial charge in [-0.3, -0.25) is 0 Å². The minimum atomic E-state index is -2.76. The summed E-state index contributed by atoms with van der Waals surface area (Å²) in [6.07, 6.45) is 6.86. The van der Waals surface area contributed by atoms with Crippen LogP contribution in [0.4, 0.5) is 40.4 Å². The highest BCUT2D eigenvalue weighted by Crippen LogP contribution is 2.46. The molecule has 0 aliphatic carbocycles. The molecule has 0 aliphatic rings. The Labute approximate surface area is 272 Å². The molecule has 0 amide bonds. The summed E-state index contributed by atoms with van der Waals surface area (Å²) < 4.78 is 56.8. The molecule has 1 unspecified atom stereocenters. The molecule has 4 radical (unpaired) electrons. The standard InChI is InChI=1S/C33H28B2ClF4N5O/c1-6-19-13-21(38)15-23-22(19)11-12-42-32(23)43-26-16-27(44(5)17-28(39)40)31(45(8-3)33(34,35)46)18(4)29(26)30(41-7-2)24-14-20(37)9-10-25(24)36/h1,7-16,28,30,41,46H,2-3,17H2,4-5H3,(H,42,43). The predicted octanol–water partition coefficient (Wildman–Crippen LogP) is 6.61. The van der Waals surface area contributed by atoms with Crippen molar-refractivity contribution >= 4 is 60.9 Å². The minimum Gasteiger partial charge on any atom is -0.389 e. The van der Waals surface area contributed by atoms with Crippen molar-refractivity contribution in [2.24, 2.45) is 0 Å². The summed E-state index contributed by atoms with van der Waals surface area (Å²) in [6.45, 7) is 8.37. The van der Waals surface area contributed by atoms with E-state index in [1.807, 2.05) is 0 Å². The Bertz CT molecular complexity index is 1840. The number of hydrogen-bond acceptors (Lipinski definition) is 6. The second-order valence-electron chi connectivity index (χ2n) is 10.4. The van der Waals surface area contributed by atoms with Crippen LogP contribution in [0, 0.1) is 30.9 Å². The van der Waals surface area contributed by atoms with Crippen molar-refractivity contribution in [2.45, 2.75) is 24.9 Å². The fraction of sp³-hybridized carbons (Fsp3) is 0.182. The van der Waals surface area contributed by atoms with Crippen LogP contribution in [0.15, 0.2) is 74.2 Å². The quantitative estimate of drug-likeness (QED) is 0.0699. The van der Waals surface area contributed by atoms with E-state index in [1.54, 1.807) is 13.0 Å². The fourth-order valence-electron chi connectivity index (χ4n) is 5.38. The van der Waals surface area contributed by atoms with Crippen LogP contribution in [0.3, 0.4) is 0 Å². The average molecular weight is 644 g/mol. The second-order valence-corrected chi connectivity index (χ2v) is 10.8. The molecule has 0 spiro atoms. The molecule has 0 aliphatic heterocycles. The van der Waals surface area contributed by atoms with E-state index in [9.17, 15) is 22.7 Å². The Kier molecular flexibility index (Phi) is 10.3. The smallest absolute Gasteiger partial charge is 0.255 e. The van der Waals surface area contributed by atoms with Crippen molar-refractivity contribution in [3.8, 4) is 12.3 Å². The van der Waals surface area contributed by atoms with Crippen LogP contribution in [0.2, 0.25) is 5.02 Å². The van der Waals surface area contributed by atoms with Gasteiger partial charge >= 0.3 is 0 Å². The summed E-state index contributed by atoms with van der Waals surface area (Å²) in [5.74, 6) is 1.44. The Morgan fingerprint density at radius 2 is 1.85 bits per heavy atom. The van der Waals surface area contributed by atoms with Gasteiger partial charge in [-0.1, -0.05) is 30.7 Å². The highest BCUT2D eigenvalue weighted by molar-refractivity contribution is 6.40. The normalized spacial score (nSPS) is 12.0. The van der Waals surface area contributed by atoms with Crippen LogP contribution in [0.25, 0.3) is 10.8 Å². The Balaban J connectivity index is 2.16. The first kappa shape index (κ1) is 34.3. The average Bonchev–Trinajstić information content (AvgIpc) is 2.98. The van der Waals surface area contributed by atoms with Crippen molar-refractivity contribution < 1.29 is 22.7 Å². The largest absolute Gasteiger partial charge is 0.389 e. The van der Waals surface area contributed by atoms with Gasteiger partial charge in [0.05, 0.1) is 29.5 Å². The second kappa shape index (κ2) is 13.8. The monoisotopic (exact) mass is 643 g/mol. The SMILES string of the molecule is [B]C([B])(O)N(C=C)c1c(N(C)CC(F)F)cc(Nc2nccc3c(C#C)cc(F)cc23)c(C(NC=C)c2cc(F)ccc2Cl)c1C. The topological polar surface area (TPSA) is 63.7 Å². The first-order valence-corrected chi connectivity index (χ1v) is 14.1. The number of aromatic nitrogens is 1. The number of halogens is 5. The lowest BCUT2D eigenvalue weighted by Gasteiger charge is -2.40. The molecule has 46 heavy (non-hydrogen) atoms. The van der Waals surface area contributed by atoms with E-state index in [0.717, 1.165) is 11.1 Å². The van der Waals surface area contributed by atoms with Gasteiger partial charge in [-0.25, -0.2) is 22.5 Å². The van der Waals surface area contributed by atoms with Crippen molar-refractivity contribution in [1.29, 1.82) is 0 Å². The minimum absolute atomic E-state index is 0.0983. The van der Waals surface area contributed by atoms with E-state index < -0.39 is 36.2 Å². The highest BCUT2D eigenvalue weighted by Gasteiger charge is 2.32. The molecular weight excluding hydrogens is 615 g/mol. The number of fused-ring (bicyclic) bond motifs is 1. The number of aliphatic hydroxyl groups is 1. The van der Waals surface area contributed by atoms with Crippen molar-refractivity contribution in [2.75, 3.05) is 28.7 Å². The van der Waals surface area contributed by atoms with E-state index >= 15 is 0 Å². The zero-order chi connectivity index (χ0) is 33.9. The van der Waals surface area contributed by atoms with E-state index in [1.165, 1.54) is 60.7 Å². The zero-order valence-corrected chi connectivity index (χ0v) is 25.7. The van der Waals surface area contributed by atoms with Crippen LogP contribution in [-0.4, -0.2) is 51.3 Å². The molecule has 13 heteroatoms. The van der Waals surface area contributed by atoms with E-state index in [4.69, 9.17) is 33.7 Å². The van der Waals surface area contributed by atoms with Crippen LogP contribution < -0.4 is 20.4 Å². The summed E-state index contributed by atoms with van der Waals surface area (Å²) in [4.78, 5) is 6.67. The number of rotatable bonds is 12. The third-order valence-electron chi connectivity index (χ3n) is 7.30. The van der Waals surface area contributed by atoms with E-state index in [0.29, 0.717) is 21.9 Å². The number of nitrogens with one attached hydrogen (secondary N) is 2. The van der Waals surface area contributed by atoms with Gasteiger partial charge in [-0.15, -0.1) is 6.42 Å². The van der Waals surface area contributed by atoms with Crippen LogP contribution in [-0.2, 0) is 0 Å². The number of benzene rings is 3. The lowest BCUT2D eigenvalue weighted by Crippen LogP contribution is -2.48. The maximum absolute atomic E-state index is 14.7. The number of terminal acetylenes is 1. The summed E-state index contributed by atoms with van der Waals surface area (Å²) in [6, 6.07) is 8.44. The molecule has 1 atom stereocenters. The highest BCUT2D eigenvalue weighted by atomic mass is 35.5. The maximum Gasteiger partial charge on any atom is 0.255 e.